The van der Waals surface area contributed by atoms with Crippen molar-refractivity contribution in [2.24, 2.45) is 0 Å². The van der Waals surface area contributed by atoms with E-state index in [-0.39, 0.29) is 18.3 Å². The minimum atomic E-state index is -4.64. The average molecular weight is 435 g/mol. The summed E-state index contributed by atoms with van der Waals surface area (Å²) in [6.45, 7) is 0. The summed E-state index contributed by atoms with van der Waals surface area (Å²) >= 11 is 0. The molecule has 0 aromatic rings. The molecule has 0 saturated heterocycles. The van der Waals surface area contributed by atoms with Gasteiger partial charge in [0, 0.05) is 0 Å². The van der Waals surface area contributed by atoms with Crippen molar-refractivity contribution >= 4 is 7.82 Å². The summed E-state index contributed by atoms with van der Waals surface area (Å²) in [7, 11) is -4.64. The van der Waals surface area contributed by atoms with Crippen molar-refractivity contribution in [1.29, 1.82) is 0 Å². The van der Waals surface area contributed by atoms with Crippen LogP contribution in [0.5, 0.6) is 0 Å². The molecule has 0 saturated carbocycles. The second-order valence-electron chi connectivity index (χ2n) is 7.35. The number of hydrogen-bond donors (Lipinski definition) is 6. The van der Waals surface area contributed by atoms with Gasteiger partial charge >= 0.3 is 7.82 Å². The molecule has 3 unspecified atom stereocenters. The van der Waals surface area contributed by atoms with E-state index < -0.39 is 7.82 Å². The lowest BCUT2D eigenvalue weighted by Gasteiger charge is -1.98. The van der Waals surface area contributed by atoms with Gasteiger partial charge in [0.25, 0.3) is 0 Å². The lowest BCUT2D eigenvalue weighted by atomic mass is 10.2. The fourth-order valence-electron chi connectivity index (χ4n) is 2.90. The molecule has 0 aromatic heterocycles. The second kappa shape index (κ2) is 18.0. The van der Waals surface area contributed by atoms with Gasteiger partial charge in [0.1, 0.15) is 0 Å². The van der Waals surface area contributed by atoms with Crippen LogP contribution in [0.4, 0.5) is 0 Å². The highest BCUT2D eigenvalue weighted by Gasteiger charge is 2.02. The Morgan fingerprint density at radius 2 is 0.793 bits per heavy atom. The monoisotopic (exact) mass is 434 g/mol. The normalized spacial score (nSPS) is 26.8. The predicted molar refractivity (Wildman–Crippen MR) is 115 cm³/mol. The van der Waals surface area contributed by atoms with E-state index in [9.17, 15) is 0 Å². The molecule has 0 amide bonds. The van der Waals surface area contributed by atoms with Crippen molar-refractivity contribution in [2.45, 2.75) is 95.4 Å². The molecule has 0 heterocycles. The molecule has 3 atom stereocenters. The highest BCUT2D eigenvalue weighted by atomic mass is 31.2. The van der Waals surface area contributed by atoms with Crippen LogP contribution in [0.25, 0.3) is 0 Å². The molecule has 29 heavy (non-hydrogen) atoms. The van der Waals surface area contributed by atoms with E-state index in [2.05, 4.69) is 18.2 Å². The number of hydrogen-bond acceptors (Lipinski definition) is 4. The molecule has 7 nitrogen and oxygen atoms in total. The standard InChI is InChI=1S/3C7H12O.H3O4P/c3*8-7-5-3-1-2-4-6-7;1-5(2,3)4/h3*3,5,7-8H,1-2,4,6H2;(H3,1,2,3,4). The quantitative estimate of drug-likeness (QED) is 0.253. The van der Waals surface area contributed by atoms with Crippen LogP contribution in [0, 0.1) is 0 Å². The van der Waals surface area contributed by atoms with Gasteiger partial charge in [-0.05, 0) is 57.8 Å². The number of phosphoric acid groups is 1. The van der Waals surface area contributed by atoms with Gasteiger partial charge in [-0.1, -0.05) is 55.7 Å². The molecule has 3 aliphatic carbocycles. The molecule has 3 aliphatic rings. The first-order valence-electron chi connectivity index (χ1n) is 10.5. The van der Waals surface area contributed by atoms with Gasteiger partial charge in [-0.25, -0.2) is 4.57 Å². The molecule has 0 fully saturated rings. The molecule has 0 bridgehead atoms. The van der Waals surface area contributed by atoms with Crippen molar-refractivity contribution in [1.82, 2.24) is 0 Å². The Kier molecular flexibility index (Phi) is 17.5. The Morgan fingerprint density at radius 3 is 1.03 bits per heavy atom. The Balaban J connectivity index is 0.000000367. The zero-order valence-electron chi connectivity index (χ0n) is 17.2. The van der Waals surface area contributed by atoms with Crippen LogP contribution in [-0.4, -0.2) is 48.3 Å². The fourth-order valence-corrected chi connectivity index (χ4v) is 2.90. The first-order valence-corrected chi connectivity index (χ1v) is 12.1. The number of aliphatic hydroxyl groups is 3. The summed E-state index contributed by atoms with van der Waals surface area (Å²) in [5.41, 5.74) is 0. The first-order chi connectivity index (χ1) is 13.7. The zero-order chi connectivity index (χ0) is 22.0. The molecular formula is C21H39O7P. The molecule has 0 aromatic carbocycles. The smallest absolute Gasteiger partial charge is 0.389 e. The third-order valence-corrected chi connectivity index (χ3v) is 4.44. The molecule has 6 N–H and O–H groups in total. The number of allylic oxidation sites excluding steroid dienone is 3. The van der Waals surface area contributed by atoms with Gasteiger partial charge in [-0.15, -0.1) is 0 Å². The maximum Gasteiger partial charge on any atom is 0.466 e. The zero-order valence-corrected chi connectivity index (χ0v) is 18.1. The minimum absolute atomic E-state index is 0.155. The maximum absolute atomic E-state index is 9.00. The van der Waals surface area contributed by atoms with Crippen LogP contribution < -0.4 is 0 Å². The first kappa shape index (κ1) is 28.2. The van der Waals surface area contributed by atoms with Gasteiger partial charge in [0.15, 0.2) is 0 Å². The van der Waals surface area contributed by atoms with E-state index >= 15 is 0 Å². The van der Waals surface area contributed by atoms with E-state index in [4.69, 9.17) is 34.6 Å². The van der Waals surface area contributed by atoms with E-state index in [1.807, 2.05) is 18.2 Å². The third-order valence-electron chi connectivity index (χ3n) is 4.44. The van der Waals surface area contributed by atoms with Gasteiger partial charge in [-0.3, -0.25) is 0 Å². The van der Waals surface area contributed by atoms with Crippen molar-refractivity contribution in [2.75, 3.05) is 0 Å². The van der Waals surface area contributed by atoms with E-state index in [1.54, 1.807) is 0 Å². The average Bonchev–Trinajstić information content (AvgIpc) is 3.11. The van der Waals surface area contributed by atoms with Gasteiger partial charge in [0.05, 0.1) is 18.3 Å². The molecule has 3 rings (SSSR count). The van der Waals surface area contributed by atoms with Crippen LogP contribution in [0.2, 0.25) is 0 Å². The van der Waals surface area contributed by atoms with Gasteiger partial charge in [-0.2, -0.15) is 0 Å². The summed E-state index contributed by atoms with van der Waals surface area (Å²) in [5.74, 6) is 0. The second-order valence-corrected chi connectivity index (χ2v) is 8.38. The topological polar surface area (TPSA) is 138 Å². The van der Waals surface area contributed by atoms with Gasteiger partial charge in [0.2, 0.25) is 0 Å². The minimum Gasteiger partial charge on any atom is -0.389 e. The molecule has 0 aliphatic heterocycles. The number of rotatable bonds is 0. The van der Waals surface area contributed by atoms with Crippen LogP contribution in [0.3, 0.4) is 0 Å². The highest BCUT2D eigenvalue weighted by molar-refractivity contribution is 7.45. The Hall–Kier alpha value is -0.790. The largest absolute Gasteiger partial charge is 0.466 e. The van der Waals surface area contributed by atoms with Crippen molar-refractivity contribution in [3.8, 4) is 0 Å². The summed E-state index contributed by atoms with van der Waals surface area (Å²) in [4.78, 5) is 21.6. The van der Waals surface area contributed by atoms with Crippen LogP contribution in [0.15, 0.2) is 36.5 Å². The molecule has 170 valence electrons. The molecule has 0 spiro atoms. The maximum atomic E-state index is 9.00. The Morgan fingerprint density at radius 1 is 0.552 bits per heavy atom. The van der Waals surface area contributed by atoms with Crippen LogP contribution >= 0.6 is 7.82 Å². The third kappa shape index (κ3) is 25.2. The summed E-state index contributed by atoms with van der Waals surface area (Å²) in [6, 6.07) is 0. The lowest BCUT2D eigenvalue weighted by molar-refractivity contribution is 0.211. The fraction of sp³-hybridized carbons (Fsp3) is 0.714. The Labute approximate surface area is 174 Å². The number of aliphatic hydroxyl groups excluding tert-OH is 3. The predicted octanol–water partition coefficient (Wildman–Crippen LogP) is 3.50. The van der Waals surface area contributed by atoms with Crippen molar-refractivity contribution in [3.05, 3.63) is 36.5 Å². The Bertz CT molecular complexity index is 448. The van der Waals surface area contributed by atoms with Crippen molar-refractivity contribution < 1.29 is 34.6 Å². The van der Waals surface area contributed by atoms with Crippen LogP contribution in [-0.2, 0) is 4.57 Å². The molecule has 0 radical (unpaired) electrons. The lowest BCUT2D eigenvalue weighted by Crippen LogP contribution is -1.98. The van der Waals surface area contributed by atoms with E-state index in [0.29, 0.717) is 0 Å². The van der Waals surface area contributed by atoms with Crippen LogP contribution in [0.1, 0.15) is 77.0 Å². The van der Waals surface area contributed by atoms with Crippen molar-refractivity contribution in [3.63, 3.8) is 0 Å². The van der Waals surface area contributed by atoms with Gasteiger partial charge < -0.3 is 30.0 Å². The van der Waals surface area contributed by atoms with E-state index in [0.717, 1.165) is 38.5 Å². The summed E-state index contributed by atoms with van der Waals surface area (Å²) < 4.78 is 8.88. The molecular weight excluding hydrogens is 395 g/mol. The summed E-state index contributed by atoms with van der Waals surface area (Å²) in [6.07, 6.45) is 25.0. The van der Waals surface area contributed by atoms with E-state index in [1.165, 1.54) is 38.5 Å². The summed E-state index contributed by atoms with van der Waals surface area (Å²) in [5, 5.41) is 27.0. The highest BCUT2D eigenvalue weighted by Crippen LogP contribution is 2.25. The SMILES string of the molecule is O=P(O)(O)O.OC1C=CCCCC1.OC1C=CCCCC1.OC1C=CCCCC1. The molecule has 8 heteroatoms.